The van der Waals surface area contributed by atoms with Gasteiger partial charge in [-0.25, -0.2) is 0 Å². The summed E-state index contributed by atoms with van der Waals surface area (Å²) in [6, 6.07) is 0. The molecule has 1 N–H and O–H groups in total. The first-order chi connectivity index (χ1) is 5.63. The number of rotatable bonds is 6. The SMILES string of the molecule is CCCC[C@@H](C)[C@@H](C)[C@@H](C)CO. The standard InChI is InChI=1S/C11H24O/c1-5-6-7-9(2)11(4)10(3)8-12/h9-12H,5-8H2,1-4H3/t9-,10+,11-/m1/s1. The van der Waals surface area contributed by atoms with Crippen molar-refractivity contribution in [2.24, 2.45) is 17.8 Å². The fraction of sp³-hybridized carbons (Fsp3) is 1.00. The molecule has 12 heavy (non-hydrogen) atoms. The van der Waals surface area contributed by atoms with E-state index in [2.05, 4.69) is 27.7 Å². The van der Waals surface area contributed by atoms with Gasteiger partial charge in [0.15, 0.2) is 0 Å². The Morgan fingerprint density at radius 3 is 2.08 bits per heavy atom. The molecule has 0 saturated carbocycles. The van der Waals surface area contributed by atoms with Crippen molar-refractivity contribution in [1.29, 1.82) is 0 Å². The predicted octanol–water partition coefficient (Wildman–Crippen LogP) is 3.08. The van der Waals surface area contributed by atoms with Crippen LogP contribution >= 0.6 is 0 Å². The summed E-state index contributed by atoms with van der Waals surface area (Å²) in [5.41, 5.74) is 0. The number of aliphatic hydroxyl groups excluding tert-OH is 1. The molecule has 0 aliphatic heterocycles. The molecule has 0 radical (unpaired) electrons. The van der Waals surface area contributed by atoms with Crippen LogP contribution in [0.5, 0.6) is 0 Å². The minimum absolute atomic E-state index is 0.331. The van der Waals surface area contributed by atoms with Gasteiger partial charge in [0, 0.05) is 6.61 Å². The van der Waals surface area contributed by atoms with Crippen LogP contribution in [0.3, 0.4) is 0 Å². The molecule has 0 unspecified atom stereocenters. The molecule has 0 aromatic carbocycles. The van der Waals surface area contributed by atoms with Crippen LogP contribution in [0.2, 0.25) is 0 Å². The molecule has 0 aromatic heterocycles. The summed E-state index contributed by atoms with van der Waals surface area (Å²) in [5, 5.41) is 8.98. The molecule has 1 nitrogen and oxygen atoms in total. The van der Waals surface area contributed by atoms with E-state index in [4.69, 9.17) is 5.11 Å². The van der Waals surface area contributed by atoms with Crippen LogP contribution in [0.15, 0.2) is 0 Å². The van der Waals surface area contributed by atoms with Crippen LogP contribution in [0.25, 0.3) is 0 Å². The first-order valence-corrected chi connectivity index (χ1v) is 5.24. The average molecular weight is 172 g/mol. The monoisotopic (exact) mass is 172 g/mol. The van der Waals surface area contributed by atoms with Gasteiger partial charge in [0.1, 0.15) is 0 Å². The lowest BCUT2D eigenvalue weighted by molar-refractivity contribution is 0.159. The molecular weight excluding hydrogens is 148 g/mol. The molecule has 1 heteroatoms. The number of hydrogen-bond acceptors (Lipinski definition) is 1. The Morgan fingerprint density at radius 1 is 1.08 bits per heavy atom. The average Bonchev–Trinajstić information content (AvgIpc) is 2.11. The zero-order chi connectivity index (χ0) is 9.56. The maximum atomic E-state index is 8.98. The summed E-state index contributed by atoms with van der Waals surface area (Å²) in [6.07, 6.45) is 3.91. The molecule has 0 heterocycles. The smallest absolute Gasteiger partial charge is 0.0459 e. The zero-order valence-corrected chi connectivity index (χ0v) is 9.01. The van der Waals surface area contributed by atoms with Gasteiger partial charge in [0.2, 0.25) is 0 Å². The highest BCUT2D eigenvalue weighted by Gasteiger charge is 2.17. The lowest BCUT2D eigenvalue weighted by Gasteiger charge is -2.24. The Balaban J connectivity index is 3.67. The van der Waals surface area contributed by atoms with E-state index in [9.17, 15) is 0 Å². The van der Waals surface area contributed by atoms with E-state index >= 15 is 0 Å². The molecule has 74 valence electrons. The van der Waals surface area contributed by atoms with E-state index in [0.29, 0.717) is 18.4 Å². The predicted molar refractivity (Wildman–Crippen MR) is 54.1 cm³/mol. The minimum Gasteiger partial charge on any atom is -0.396 e. The first-order valence-electron chi connectivity index (χ1n) is 5.24. The highest BCUT2D eigenvalue weighted by atomic mass is 16.3. The molecular formula is C11H24O. The Labute approximate surface area is 77.2 Å². The van der Waals surface area contributed by atoms with Crippen molar-refractivity contribution in [3.8, 4) is 0 Å². The fourth-order valence-electron chi connectivity index (χ4n) is 1.52. The van der Waals surface area contributed by atoms with Crippen molar-refractivity contribution in [3.05, 3.63) is 0 Å². The number of aliphatic hydroxyl groups is 1. The maximum Gasteiger partial charge on any atom is 0.0459 e. The van der Waals surface area contributed by atoms with Crippen LogP contribution in [-0.2, 0) is 0 Å². The van der Waals surface area contributed by atoms with Crippen molar-refractivity contribution in [2.75, 3.05) is 6.61 Å². The third-order valence-electron chi connectivity index (χ3n) is 3.10. The molecule has 0 aliphatic rings. The molecule has 0 amide bonds. The summed E-state index contributed by atoms with van der Waals surface area (Å²) in [4.78, 5) is 0. The normalized spacial score (nSPS) is 18.8. The van der Waals surface area contributed by atoms with Gasteiger partial charge < -0.3 is 5.11 Å². The maximum absolute atomic E-state index is 8.98. The van der Waals surface area contributed by atoms with E-state index < -0.39 is 0 Å². The lowest BCUT2D eigenvalue weighted by atomic mass is 9.83. The molecule has 0 rings (SSSR count). The van der Waals surface area contributed by atoms with Gasteiger partial charge in [-0.05, 0) is 17.8 Å². The van der Waals surface area contributed by atoms with Gasteiger partial charge in [0.25, 0.3) is 0 Å². The summed E-state index contributed by atoms with van der Waals surface area (Å²) < 4.78 is 0. The third kappa shape index (κ3) is 4.10. The molecule has 0 aromatic rings. The van der Waals surface area contributed by atoms with Gasteiger partial charge in [-0.15, -0.1) is 0 Å². The largest absolute Gasteiger partial charge is 0.396 e. The zero-order valence-electron chi connectivity index (χ0n) is 9.01. The molecule has 0 aliphatic carbocycles. The third-order valence-corrected chi connectivity index (χ3v) is 3.10. The van der Waals surface area contributed by atoms with Crippen molar-refractivity contribution in [1.82, 2.24) is 0 Å². The van der Waals surface area contributed by atoms with E-state index in [1.54, 1.807) is 0 Å². The van der Waals surface area contributed by atoms with Crippen LogP contribution < -0.4 is 0 Å². The van der Waals surface area contributed by atoms with Gasteiger partial charge in [-0.1, -0.05) is 47.0 Å². The number of hydrogen-bond donors (Lipinski definition) is 1. The van der Waals surface area contributed by atoms with Gasteiger partial charge in [0.05, 0.1) is 0 Å². The summed E-state index contributed by atoms with van der Waals surface area (Å²) in [6.45, 7) is 9.24. The molecule has 0 saturated heterocycles. The molecule has 0 fully saturated rings. The van der Waals surface area contributed by atoms with E-state index in [-0.39, 0.29) is 0 Å². The van der Waals surface area contributed by atoms with E-state index in [1.807, 2.05) is 0 Å². The number of unbranched alkanes of at least 4 members (excludes halogenated alkanes) is 1. The van der Waals surface area contributed by atoms with Crippen LogP contribution in [0.4, 0.5) is 0 Å². The van der Waals surface area contributed by atoms with Crippen LogP contribution in [0.1, 0.15) is 47.0 Å². The van der Waals surface area contributed by atoms with Crippen molar-refractivity contribution >= 4 is 0 Å². The summed E-state index contributed by atoms with van der Waals surface area (Å²) in [5.74, 6) is 1.87. The van der Waals surface area contributed by atoms with Gasteiger partial charge >= 0.3 is 0 Å². The van der Waals surface area contributed by atoms with E-state index in [0.717, 1.165) is 5.92 Å². The second-order valence-electron chi connectivity index (χ2n) is 4.14. The van der Waals surface area contributed by atoms with E-state index in [1.165, 1.54) is 19.3 Å². The fourth-order valence-corrected chi connectivity index (χ4v) is 1.52. The van der Waals surface area contributed by atoms with Gasteiger partial charge in [-0.3, -0.25) is 0 Å². The first kappa shape index (κ1) is 12.0. The topological polar surface area (TPSA) is 20.2 Å². The van der Waals surface area contributed by atoms with Crippen molar-refractivity contribution in [2.45, 2.75) is 47.0 Å². The highest BCUT2D eigenvalue weighted by Crippen LogP contribution is 2.24. The second-order valence-corrected chi connectivity index (χ2v) is 4.14. The Kier molecular flexibility index (Phi) is 6.45. The highest BCUT2D eigenvalue weighted by molar-refractivity contribution is 4.67. The van der Waals surface area contributed by atoms with Crippen LogP contribution in [0, 0.1) is 17.8 Å². The summed E-state index contributed by atoms with van der Waals surface area (Å²) in [7, 11) is 0. The second kappa shape index (κ2) is 6.47. The molecule has 0 spiro atoms. The minimum atomic E-state index is 0.331. The quantitative estimate of drug-likeness (QED) is 0.653. The summed E-state index contributed by atoms with van der Waals surface area (Å²) >= 11 is 0. The Morgan fingerprint density at radius 2 is 1.67 bits per heavy atom. The molecule has 3 atom stereocenters. The Hall–Kier alpha value is -0.0400. The van der Waals surface area contributed by atoms with Crippen molar-refractivity contribution < 1.29 is 5.11 Å². The molecule has 0 bridgehead atoms. The van der Waals surface area contributed by atoms with Gasteiger partial charge in [-0.2, -0.15) is 0 Å². The lowest BCUT2D eigenvalue weighted by Crippen LogP contribution is -2.19. The Bertz CT molecular complexity index is 101. The van der Waals surface area contributed by atoms with Crippen LogP contribution in [-0.4, -0.2) is 11.7 Å². The van der Waals surface area contributed by atoms with Crippen molar-refractivity contribution in [3.63, 3.8) is 0 Å².